The van der Waals surface area contributed by atoms with Crippen molar-refractivity contribution in [3.63, 3.8) is 0 Å². The van der Waals surface area contributed by atoms with Gasteiger partial charge in [0.25, 0.3) is 0 Å². The van der Waals surface area contributed by atoms with Crippen LogP contribution in [0.5, 0.6) is 5.75 Å². The summed E-state index contributed by atoms with van der Waals surface area (Å²) in [5.74, 6) is 1.17. The van der Waals surface area contributed by atoms with Crippen molar-refractivity contribution in [1.82, 2.24) is 10.2 Å². The van der Waals surface area contributed by atoms with Gasteiger partial charge in [-0.05, 0) is 68.8 Å². The van der Waals surface area contributed by atoms with Crippen LogP contribution < -0.4 is 10.1 Å². The van der Waals surface area contributed by atoms with Crippen molar-refractivity contribution in [3.8, 4) is 5.75 Å². The molecule has 4 nitrogen and oxygen atoms in total. The lowest BCUT2D eigenvalue weighted by Gasteiger charge is -2.40. The molecule has 1 atom stereocenters. The van der Waals surface area contributed by atoms with Crippen LogP contribution in [0.1, 0.15) is 42.4 Å². The lowest BCUT2D eigenvalue weighted by atomic mass is 9.86. The molecule has 120 valence electrons. The van der Waals surface area contributed by atoms with Gasteiger partial charge < -0.3 is 10.1 Å². The minimum absolute atomic E-state index is 0.235. The molecule has 4 heteroatoms. The summed E-state index contributed by atoms with van der Waals surface area (Å²) in [7, 11) is 1.71. The van der Waals surface area contributed by atoms with Gasteiger partial charge in [0, 0.05) is 13.1 Å². The minimum atomic E-state index is -0.265. The quantitative estimate of drug-likeness (QED) is 0.933. The number of rotatable bonds is 3. The van der Waals surface area contributed by atoms with Gasteiger partial charge in [-0.25, -0.2) is 0 Å². The topological polar surface area (TPSA) is 41.6 Å². The van der Waals surface area contributed by atoms with Gasteiger partial charge >= 0.3 is 0 Å². The van der Waals surface area contributed by atoms with Crippen molar-refractivity contribution in [2.24, 2.45) is 0 Å². The number of carbonyl (C=O) groups excluding carboxylic acids is 1. The van der Waals surface area contributed by atoms with Gasteiger partial charge in [0.15, 0.2) is 0 Å². The summed E-state index contributed by atoms with van der Waals surface area (Å²) in [5, 5.41) is 3.07. The second kappa shape index (κ2) is 5.92. The van der Waals surface area contributed by atoms with Crippen molar-refractivity contribution < 1.29 is 9.53 Å². The highest BCUT2D eigenvalue weighted by molar-refractivity contribution is 5.87. The maximum Gasteiger partial charge on any atom is 0.240 e. The van der Waals surface area contributed by atoms with Crippen LogP contribution in [0.25, 0.3) is 0 Å². The van der Waals surface area contributed by atoms with E-state index >= 15 is 0 Å². The van der Waals surface area contributed by atoms with Gasteiger partial charge in [-0.1, -0.05) is 6.07 Å². The Morgan fingerprint density at radius 1 is 1.23 bits per heavy atom. The van der Waals surface area contributed by atoms with Crippen LogP contribution >= 0.6 is 0 Å². The first-order valence-corrected chi connectivity index (χ1v) is 8.24. The Labute approximate surface area is 132 Å². The predicted molar refractivity (Wildman–Crippen MR) is 87.1 cm³/mol. The van der Waals surface area contributed by atoms with Crippen molar-refractivity contribution in [2.45, 2.75) is 51.6 Å². The molecule has 0 aromatic heterocycles. The molecular weight excluding hydrogens is 276 g/mol. The molecule has 0 aliphatic carbocycles. The molecule has 0 bridgehead atoms. The number of likely N-dealkylation sites (tertiary alicyclic amines) is 1. The van der Waals surface area contributed by atoms with Crippen LogP contribution in [0, 0.1) is 13.8 Å². The summed E-state index contributed by atoms with van der Waals surface area (Å²) >= 11 is 0. The third kappa shape index (κ3) is 2.50. The summed E-state index contributed by atoms with van der Waals surface area (Å²) in [6, 6.07) is 4.31. The molecule has 1 N–H and O–H groups in total. The number of aryl methyl sites for hydroxylation is 2. The Morgan fingerprint density at radius 2 is 2.00 bits per heavy atom. The first-order valence-electron chi connectivity index (χ1n) is 8.24. The van der Waals surface area contributed by atoms with Crippen LogP contribution in [-0.4, -0.2) is 36.5 Å². The molecule has 0 radical (unpaired) electrons. The van der Waals surface area contributed by atoms with Gasteiger partial charge in [-0.2, -0.15) is 0 Å². The number of hydrogen-bond donors (Lipinski definition) is 1. The van der Waals surface area contributed by atoms with E-state index in [0.29, 0.717) is 0 Å². The van der Waals surface area contributed by atoms with E-state index in [-0.39, 0.29) is 11.4 Å². The number of hydrogen-bond acceptors (Lipinski definition) is 3. The number of nitrogens with zero attached hydrogens (tertiary/aromatic N) is 1. The Bertz CT molecular complexity index is 585. The van der Waals surface area contributed by atoms with E-state index in [4.69, 9.17) is 4.74 Å². The highest BCUT2D eigenvalue weighted by Gasteiger charge is 2.48. The number of ether oxygens (including phenoxy) is 1. The lowest BCUT2D eigenvalue weighted by Crippen LogP contribution is -2.58. The van der Waals surface area contributed by atoms with E-state index in [1.807, 2.05) is 0 Å². The number of methoxy groups -OCH3 is 1. The van der Waals surface area contributed by atoms with Crippen LogP contribution in [0.15, 0.2) is 12.1 Å². The zero-order valence-electron chi connectivity index (χ0n) is 13.9. The smallest absolute Gasteiger partial charge is 0.240 e. The van der Waals surface area contributed by atoms with Crippen molar-refractivity contribution in [2.75, 3.05) is 20.2 Å². The molecule has 1 spiro atoms. The Morgan fingerprint density at radius 3 is 2.73 bits per heavy atom. The molecule has 2 aliphatic heterocycles. The van der Waals surface area contributed by atoms with E-state index < -0.39 is 0 Å². The fraction of sp³-hybridized carbons (Fsp3) is 0.611. The molecule has 2 heterocycles. The average molecular weight is 302 g/mol. The Kier molecular flexibility index (Phi) is 4.13. The molecule has 3 rings (SSSR count). The first kappa shape index (κ1) is 15.3. The lowest BCUT2D eigenvalue weighted by molar-refractivity contribution is -0.134. The largest absolute Gasteiger partial charge is 0.496 e. The highest BCUT2D eigenvalue weighted by Crippen LogP contribution is 2.37. The third-order valence-corrected chi connectivity index (χ3v) is 5.31. The van der Waals surface area contributed by atoms with E-state index in [1.54, 1.807) is 7.11 Å². The maximum absolute atomic E-state index is 12.5. The van der Waals surface area contributed by atoms with Crippen molar-refractivity contribution in [3.05, 3.63) is 28.8 Å². The van der Waals surface area contributed by atoms with Crippen LogP contribution in [0.4, 0.5) is 0 Å². The molecule has 1 unspecified atom stereocenters. The fourth-order valence-corrected chi connectivity index (χ4v) is 4.01. The Hall–Kier alpha value is -1.55. The van der Waals surface area contributed by atoms with E-state index in [2.05, 4.69) is 36.2 Å². The molecular formula is C18H26N2O2. The number of nitrogens with one attached hydrogen (secondary N) is 1. The highest BCUT2D eigenvalue weighted by atomic mass is 16.5. The Balaban J connectivity index is 1.86. The summed E-state index contributed by atoms with van der Waals surface area (Å²) in [5.41, 5.74) is 3.43. The molecule has 0 saturated carbocycles. The first-order chi connectivity index (χ1) is 10.6. The maximum atomic E-state index is 12.5. The zero-order chi connectivity index (χ0) is 15.7. The van der Waals surface area contributed by atoms with Crippen molar-refractivity contribution in [1.29, 1.82) is 0 Å². The minimum Gasteiger partial charge on any atom is -0.496 e. The summed E-state index contributed by atoms with van der Waals surface area (Å²) in [6.45, 7) is 6.90. The molecule has 1 aromatic rings. The van der Waals surface area contributed by atoms with Gasteiger partial charge in [-0.15, -0.1) is 0 Å². The van der Waals surface area contributed by atoms with Crippen LogP contribution in [-0.2, 0) is 11.3 Å². The molecule has 22 heavy (non-hydrogen) atoms. The fourth-order valence-electron chi connectivity index (χ4n) is 4.01. The summed E-state index contributed by atoms with van der Waals surface area (Å²) in [6.07, 6.45) is 4.19. The second-order valence-corrected chi connectivity index (χ2v) is 6.66. The summed E-state index contributed by atoms with van der Waals surface area (Å²) < 4.78 is 5.40. The number of amides is 1. The molecule has 2 aliphatic rings. The predicted octanol–water partition coefficient (Wildman–Crippen LogP) is 2.56. The van der Waals surface area contributed by atoms with Crippen molar-refractivity contribution >= 4 is 5.91 Å². The SMILES string of the molecule is COc1cc(C)c(CN2CCCC23CCCNC3=O)cc1C. The monoisotopic (exact) mass is 302 g/mol. The number of benzene rings is 1. The normalized spacial score (nSPS) is 25.5. The van der Waals surface area contributed by atoms with Gasteiger partial charge in [0.2, 0.25) is 5.91 Å². The average Bonchev–Trinajstić information content (AvgIpc) is 2.89. The van der Waals surface area contributed by atoms with Gasteiger partial charge in [-0.3, -0.25) is 9.69 Å². The second-order valence-electron chi connectivity index (χ2n) is 6.66. The van der Waals surface area contributed by atoms with E-state index in [1.165, 1.54) is 11.1 Å². The van der Waals surface area contributed by atoms with Crippen LogP contribution in [0.2, 0.25) is 0 Å². The van der Waals surface area contributed by atoms with E-state index in [9.17, 15) is 4.79 Å². The molecule has 1 aromatic carbocycles. The zero-order valence-corrected chi connectivity index (χ0v) is 13.9. The van der Waals surface area contributed by atoms with E-state index in [0.717, 1.165) is 56.6 Å². The standard InChI is InChI=1S/C18H26N2O2/c1-13-11-16(22-3)14(2)10-15(13)12-20-9-5-7-18(20)6-4-8-19-17(18)21/h10-11H,4-9,12H2,1-3H3,(H,19,21). The molecule has 1 amide bonds. The van der Waals surface area contributed by atoms with Gasteiger partial charge in [0.1, 0.15) is 11.3 Å². The number of piperidine rings is 1. The molecule has 2 saturated heterocycles. The van der Waals surface area contributed by atoms with Gasteiger partial charge in [0.05, 0.1) is 7.11 Å². The summed E-state index contributed by atoms with van der Waals surface area (Å²) in [4.78, 5) is 14.9. The van der Waals surface area contributed by atoms with Crippen LogP contribution in [0.3, 0.4) is 0 Å². The molecule has 2 fully saturated rings. The number of carbonyl (C=O) groups is 1. The third-order valence-electron chi connectivity index (χ3n) is 5.31.